The zero-order chi connectivity index (χ0) is 19.1. The number of rotatable bonds is 6. The second kappa shape index (κ2) is 8.76. The molecule has 0 saturated carbocycles. The van der Waals surface area contributed by atoms with E-state index in [0.29, 0.717) is 18.2 Å². The first-order chi connectivity index (χ1) is 13.1. The van der Waals surface area contributed by atoms with Gasteiger partial charge in [-0.15, -0.1) is 0 Å². The van der Waals surface area contributed by atoms with E-state index in [0.717, 1.165) is 11.1 Å². The molecule has 0 aliphatic carbocycles. The van der Waals surface area contributed by atoms with Crippen molar-refractivity contribution in [1.82, 2.24) is 10.3 Å². The van der Waals surface area contributed by atoms with Gasteiger partial charge in [-0.1, -0.05) is 29.8 Å². The van der Waals surface area contributed by atoms with Crippen LogP contribution in [0.3, 0.4) is 0 Å². The summed E-state index contributed by atoms with van der Waals surface area (Å²) in [6.45, 7) is 2.36. The van der Waals surface area contributed by atoms with Gasteiger partial charge in [0.25, 0.3) is 0 Å². The van der Waals surface area contributed by atoms with Crippen molar-refractivity contribution in [3.05, 3.63) is 95.4 Å². The van der Waals surface area contributed by atoms with Gasteiger partial charge in [0.2, 0.25) is 11.8 Å². The number of hydrogen-bond donors (Lipinski definition) is 1. The van der Waals surface area contributed by atoms with Gasteiger partial charge in [0.15, 0.2) is 0 Å². The maximum Gasteiger partial charge on any atom is 0.244 e. The van der Waals surface area contributed by atoms with Crippen molar-refractivity contribution in [2.45, 2.75) is 13.5 Å². The molecular weight excluding hydrogens is 343 g/mol. The molecule has 1 amide bonds. The first-order valence-electron chi connectivity index (χ1n) is 8.49. The summed E-state index contributed by atoms with van der Waals surface area (Å²) in [5.74, 6) is 0.355. The van der Waals surface area contributed by atoms with E-state index >= 15 is 0 Å². The third-order valence-corrected chi connectivity index (χ3v) is 3.81. The Morgan fingerprint density at radius 3 is 2.59 bits per heavy atom. The van der Waals surface area contributed by atoms with Crippen LogP contribution < -0.4 is 10.1 Å². The van der Waals surface area contributed by atoms with Gasteiger partial charge in [0.1, 0.15) is 11.6 Å². The Hall–Kier alpha value is -3.47. The molecule has 1 aromatic heterocycles. The van der Waals surface area contributed by atoms with Crippen LogP contribution in [-0.2, 0) is 11.3 Å². The number of aryl methyl sites for hydroxylation is 1. The van der Waals surface area contributed by atoms with Crippen LogP contribution in [0, 0.1) is 12.7 Å². The van der Waals surface area contributed by atoms with Crippen molar-refractivity contribution in [3.63, 3.8) is 0 Å². The minimum absolute atomic E-state index is 0.187. The lowest BCUT2D eigenvalue weighted by molar-refractivity contribution is -0.116. The number of amides is 1. The van der Waals surface area contributed by atoms with Crippen LogP contribution in [0.4, 0.5) is 4.39 Å². The molecule has 27 heavy (non-hydrogen) atoms. The van der Waals surface area contributed by atoms with Gasteiger partial charge < -0.3 is 10.1 Å². The molecule has 0 aliphatic rings. The molecule has 0 bridgehead atoms. The van der Waals surface area contributed by atoms with Crippen molar-refractivity contribution in [2.24, 2.45) is 0 Å². The first kappa shape index (κ1) is 18.3. The van der Waals surface area contributed by atoms with Gasteiger partial charge >= 0.3 is 0 Å². The first-order valence-corrected chi connectivity index (χ1v) is 8.49. The van der Waals surface area contributed by atoms with Crippen molar-refractivity contribution in [3.8, 4) is 11.6 Å². The Kier molecular flexibility index (Phi) is 5.94. The van der Waals surface area contributed by atoms with Crippen LogP contribution in [0.1, 0.15) is 16.7 Å². The predicted octanol–water partition coefficient (Wildman–Crippen LogP) is 4.65. The Morgan fingerprint density at radius 2 is 1.85 bits per heavy atom. The third-order valence-electron chi connectivity index (χ3n) is 3.81. The molecule has 0 atom stereocenters. The van der Waals surface area contributed by atoms with Gasteiger partial charge in [-0.05, 0) is 54.5 Å². The number of benzene rings is 2. The largest absolute Gasteiger partial charge is 0.439 e. The molecule has 3 rings (SSSR count). The zero-order valence-corrected chi connectivity index (χ0v) is 14.9. The molecular formula is C22H19FN2O2. The minimum atomic E-state index is -0.328. The smallest absolute Gasteiger partial charge is 0.244 e. The third kappa shape index (κ3) is 5.78. The second-order valence-electron chi connectivity index (χ2n) is 6.02. The van der Waals surface area contributed by atoms with Crippen molar-refractivity contribution < 1.29 is 13.9 Å². The number of nitrogens with zero attached hydrogens (tertiary/aromatic N) is 1. The lowest BCUT2D eigenvalue weighted by atomic mass is 10.1. The molecule has 0 saturated heterocycles. The minimum Gasteiger partial charge on any atom is -0.439 e. The molecule has 0 radical (unpaired) electrons. The highest BCUT2D eigenvalue weighted by molar-refractivity contribution is 5.91. The maximum atomic E-state index is 12.9. The molecule has 2 aromatic carbocycles. The topological polar surface area (TPSA) is 51.2 Å². The number of ether oxygens (including phenoxy) is 1. The SMILES string of the molecule is Cc1ccc(/C=C/C(=O)NCc2ccnc(Oc3ccc(F)cc3)c2)cc1. The Bertz CT molecular complexity index is 935. The van der Waals surface area contributed by atoms with Crippen molar-refractivity contribution >= 4 is 12.0 Å². The molecule has 0 fully saturated rings. The quantitative estimate of drug-likeness (QED) is 0.650. The second-order valence-corrected chi connectivity index (χ2v) is 6.02. The van der Waals surface area contributed by atoms with E-state index in [9.17, 15) is 9.18 Å². The van der Waals surface area contributed by atoms with Crippen molar-refractivity contribution in [1.29, 1.82) is 0 Å². The Morgan fingerprint density at radius 1 is 1.11 bits per heavy atom. The fraction of sp³-hybridized carbons (Fsp3) is 0.0909. The number of carbonyl (C=O) groups excluding carboxylic acids is 1. The fourth-order valence-corrected chi connectivity index (χ4v) is 2.34. The Labute approximate surface area is 157 Å². The molecule has 1 heterocycles. The van der Waals surface area contributed by atoms with Crippen LogP contribution >= 0.6 is 0 Å². The van der Waals surface area contributed by atoms with E-state index in [1.54, 1.807) is 24.4 Å². The summed E-state index contributed by atoms with van der Waals surface area (Å²) in [7, 11) is 0. The van der Waals surface area contributed by atoms with Gasteiger partial charge in [-0.25, -0.2) is 9.37 Å². The van der Waals surface area contributed by atoms with E-state index in [2.05, 4.69) is 10.3 Å². The van der Waals surface area contributed by atoms with Crippen LogP contribution in [0.5, 0.6) is 11.6 Å². The number of hydrogen-bond acceptors (Lipinski definition) is 3. The van der Waals surface area contributed by atoms with E-state index in [1.807, 2.05) is 31.2 Å². The van der Waals surface area contributed by atoms with Crippen LogP contribution in [0.2, 0.25) is 0 Å². The fourth-order valence-electron chi connectivity index (χ4n) is 2.34. The summed E-state index contributed by atoms with van der Waals surface area (Å²) in [4.78, 5) is 16.1. The monoisotopic (exact) mass is 362 g/mol. The summed E-state index contributed by atoms with van der Waals surface area (Å²) >= 11 is 0. The highest BCUT2D eigenvalue weighted by Crippen LogP contribution is 2.20. The van der Waals surface area contributed by atoms with Gasteiger partial charge in [0, 0.05) is 24.9 Å². The van der Waals surface area contributed by atoms with Crippen LogP contribution in [0.25, 0.3) is 6.08 Å². The van der Waals surface area contributed by atoms with E-state index < -0.39 is 0 Å². The molecule has 1 N–H and O–H groups in total. The van der Waals surface area contributed by atoms with Gasteiger partial charge in [-0.2, -0.15) is 0 Å². The maximum absolute atomic E-state index is 12.9. The molecule has 5 heteroatoms. The lowest BCUT2D eigenvalue weighted by Crippen LogP contribution is -2.20. The summed E-state index contributed by atoms with van der Waals surface area (Å²) < 4.78 is 18.5. The number of pyridine rings is 1. The van der Waals surface area contributed by atoms with E-state index in [4.69, 9.17) is 4.74 Å². The number of halogens is 1. The summed E-state index contributed by atoms with van der Waals surface area (Å²) in [5, 5.41) is 2.82. The van der Waals surface area contributed by atoms with Crippen molar-refractivity contribution in [2.75, 3.05) is 0 Å². The normalized spacial score (nSPS) is 10.7. The molecule has 0 spiro atoms. The molecule has 136 valence electrons. The zero-order valence-electron chi connectivity index (χ0n) is 14.9. The Balaban J connectivity index is 1.55. The summed E-state index contributed by atoms with van der Waals surface area (Å²) in [6.07, 6.45) is 4.87. The summed E-state index contributed by atoms with van der Waals surface area (Å²) in [5.41, 5.74) is 2.99. The average Bonchev–Trinajstić information content (AvgIpc) is 2.68. The van der Waals surface area contributed by atoms with Crippen LogP contribution in [0.15, 0.2) is 72.9 Å². The highest BCUT2D eigenvalue weighted by Gasteiger charge is 2.03. The standard InChI is InChI=1S/C22H19FN2O2/c1-16-2-4-17(5-3-16)6-11-21(26)25-15-18-12-13-24-22(14-18)27-20-9-7-19(23)8-10-20/h2-14H,15H2,1H3,(H,25,26)/b11-6+. The van der Waals surface area contributed by atoms with Crippen LogP contribution in [-0.4, -0.2) is 10.9 Å². The lowest BCUT2D eigenvalue weighted by Gasteiger charge is -2.07. The van der Waals surface area contributed by atoms with Gasteiger partial charge in [0.05, 0.1) is 0 Å². The number of aromatic nitrogens is 1. The molecule has 0 aliphatic heterocycles. The highest BCUT2D eigenvalue weighted by atomic mass is 19.1. The summed E-state index contributed by atoms with van der Waals surface area (Å²) in [6, 6.07) is 17.1. The van der Waals surface area contributed by atoms with Gasteiger partial charge in [-0.3, -0.25) is 4.79 Å². The van der Waals surface area contributed by atoms with E-state index in [-0.39, 0.29) is 11.7 Å². The average molecular weight is 362 g/mol. The number of carbonyl (C=O) groups is 1. The molecule has 3 aromatic rings. The predicted molar refractivity (Wildman–Crippen MR) is 103 cm³/mol. The van der Waals surface area contributed by atoms with E-state index in [1.165, 1.54) is 35.9 Å². The molecule has 0 unspecified atom stereocenters. The molecule has 4 nitrogen and oxygen atoms in total. The number of nitrogens with one attached hydrogen (secondary N) is 1.